The summed E-state index contributed by atoms with van der Waals surface area (Å²) in [4.78, 5) is 18.7. The van der Waals surface area contributed by atoms with Crippen molar-refractivity contribution in [2.45, 2.75) is 19.4 Å². The van der Waals surface area contributed by atoms with Crippen LogP contribution >= 0.6 is 24.0 Å². The number of hydrogen-bond donors (Lipinski definition) is 2. The Labute approximate surface area is 201 Å². The molecule has 8 heteroatoms. The van der Waals surface area contributed by atoms with E-state index >= 15 is 0 Å². The molecule has 1 aliphatic rings. The van der Waals surface area contributed by atoms with Crippen LogP contribution in [0.2, 0.25) is 0 Å². The third-order valence-electron chi connectivity index (χ3n) is 5.19. The van der Waals surface area contributed by atoms with E-state index in [1.807, 2.05) is 36.4 Å². The van der Waals surface area contributed by atoms with Crippen LogP contribution in [-0.4, -0.2) is 57.7 Å². The topological polar surface area (TPSA) is 75.2 Å². The van der Waals surface area contributed by atoms with E-state index in [1.165, 1.54) is 11.1 Å². The molecule has 1 amide bonds. The van der Waals surface area contributed by atoms with Crippen LogP contribution in [-0.2, 0) is 13.0 Å². The van der Waals surface area contributed by atoms with Crippen molar-refractivity contribution < 1.29 is 14.3 Å². The van der Waals surface area contributed by atoms with Crippen LogP contribution in [0.4, 0.5) is 0 Å². The first-order valence-corrected chi connectivity index (χ1v) is 10.2. The van der Waals surface area contributed by atoms with Gasteiger partial charge in [-0.25, -0.2) is 0 Å². The molecule has 7 nitrogen and oxygen atoms in total. The van der Waals surface area contributed by atoms with E-state index in [9.17, 15) is 4.79 Å². The zero-order chi connectivity index (χ0) is 21.3. The van der Waals surface area contributed by atoms with Gasteiger partial charge in [-0.05, 0) is 48.2 Å². The quantitative estimate of drug-likeness (QED) is 0.246. The lowest BCUT2D eigenvalue weighted by Crippen LogP contribution is -2.44. The molecule has 0 spiro atoms. The molecule has 2 N–H and O–H groups in total. The number of ether oxygens (including phenoxy) is 2. The van der Waals surface area contributed by atoms with Gasteiger partial charge in [0.15, 0.2) is 17.5 Å². The second-order valence-corrected chi connectivity index (χ2v) is 7.10. The monoisotopic (exact) mass is 538 g/mol. The Hall–Kier alpha value is -2.49. The third kappa shape index (κ3) is 6.49. The largest absolute Gasteiger partial charge is 0.493 e. The zero-order valence-corrected chi connectivity index (χ0v) is 20.6. The van der Waals surface area contributed by atoms with Crippen LogP contribution in [0.1, 0.15) is 27.9 Å². The van der Waals surface area contributed by atoms with Gasteiger partial charge in [0, 0.05) is 38.8 Å². The minimum absolute atomic E-state index is 0. The molecule has 0 saturated heterocycles. The number of guanidine groups is 1. The van der Waals surface area contributed by atoms with E-state index in [4.69, 9.17) is 9.47 Å². The van der Waals surface area contributed by atoms with Gasteiger partial charge in [-0.3, -0.25) is 9.79 Å². The Kier molecular flexibility index (Phi) is 9.90. The number of rotatable bonds is 7. The van der Waals surface area contributed by atoms with E-state index in [1.54, 1.807) is 21.3 Å². The Morgan fingerprint density at radius 3 is 2.32 bits per heavy atom. The maximum Gasteiger partial charge on any atom is 0.251 e. The van der Waals surface area contributed by atoms with Crippen molar-refractivity contribution in [1.82, 2.24) is 15.5 Å². The van der Waals surface area contributed by atoms with Gasteiger partial charge >= 0.3 is 0 Å². The van der Waals surface area contributed by atoms with E-state index in [0.717, 1.165) is 49.9 Å². The fraction of sp³-hybridized carbons (Fsp3) is 0.391. The normalized spacial score (nSPS) is 13.0. The molecule has 0 radical (unpaired) electrons. The average molecular weight is 538 g/mol. The highest BCUT2D eigenvalue weighted by molar-refractivity contribution is 14.0. The smallest absolute Gasteiger partial charge is 0.251 e. The number of nitrogens with zero attached hydrogens (tertiary/aromatic N) is 2. The molecular formula is C23H31IN4O3. The SMILES string of the molecule is CN=C(NCCCNC(=O)c1ccccc1)N1CCc2cc(OC)c(OC)cc2C1.I. The van der Waals surface area contributed by atoms with Crippen molar-refractivity contribution in [3.8, 4) is 11.5 Å². The summed E-state index contributed by atoms with van der Waals surface area (Å²) in [6, 6.07) is 13.4. The summed E-state index contributed by atoms with van der Waals surface area (Å²) >= 11 is 0. The van der Waals surface area contributed by atoms with Crippen LogP contribution in [0.5, 0.6) is 11.5 Å². The highest BCUT2D eigenvalue weighted by Gasteiger charge is 2.21. The summed E-state index contributed by atoms with van der Waals surface area (Å²) in [5, 5.41) is 6.35. The number of halogens is 1. The van der Waals surface area contributed by atoms with Gasteiger partial charge in [-0.1, -0.05) is 18.2 Å². The number of carbonyl (C=O) groups excluding carboxylic acids is 1. The molecule has 0 saturated carbocycles. The summed E-state index contributed by atoms with van der Waals surface area (Å²) in [6.45, 7) is 2.99. The summed E-state index contributed by atoms with van der Waals surface area (Å²) in [6.07, 6.45) is 1.73. The minimum atomic E-state index is -0.0444. The van der Waals surface area contributed by atoms with Crippen LogP contribution < -0.4 is 20.1 Å². The van der Waals surface area contributed by atoms with Crippen LogP contribution in [0.15, 0.2) is 47.5 Å². The summed E-state index contributed by atoms with van der Waals surface area (Å²) < 4.78 is 10.9. The number of benzene rings is 2. The number of hydrogen-bond acceptors (Lipinski definition) is 4. The van der Waals surface area contributed by atoms with Crippen LogP contribution in [0.3, 0.4) is 0 Å². The number of methoxy groups -OCH3 is 2. The molecule has 0 aromatic heterocycles. The van der Waals surface area contributed by atoms with Crippen molar-refractivity contribution in [2.24, 2.45) is 4.99 Å². The Balaban J connectivity index is 0.00000341. The number of carbonyl (C=O) groups is 1. The molecule has 1 aliphatic heterocycles. The molecule has 0 atom stereocenters. The highest BCUT2D eigenvalue weighted by atomic mass is 127. The second kappa shape index (κ2) is 12.4. The van der Waals surface area contributed by atoms with Crippen molar-refractivity contribution in [2.75, 3.05) is 40.9 Å². The van der Waals surface area contributed by atoms with Crippen molar-refractivity contribution in [3.63, 3.8) is 0 Å². The van der Waals surface area contributed by atoms with Gasteiger partial charge in [0.2, 0.25) is 0 Å². The van der Waals surface area contributed by atoms with Crippen molar-refractivity contribution >= 4 is 35.8 Å². The molecule has 0 fully saturated rings. The Morgan fingerprint density at radius 2 is 1.68 bits per heavy atom. The molecule has 168 valence electrons. The van der Waals surface area contributed by atoms with Crippen molar-refractivity contribution in [1.29, 1.82) is 0 Å². The predicted molar refractivity (Wildman–Crippen MR) is 134 cm³/mol. The first-order chi connectivity index (χ1) is 14.7. The minimum Gasteiger partial charge on any atom is -0.493 e. The average Bonchev–Trinajstić information content (AvgIpc) is 2.80. The summed E-state index contributed by atoms with van der Waals surface area (Å²) in [5.74, 6) is 2.33. The highest BCUT2D eigenvalue weighted by Crippen LogP contribution is 2.33. The standard InChI is InChI=1S/C23H30N4O3.HI/c1-24-23(26-12-7-11-25-22(28)17-8-5-4-6-9-17)27-13-10-18-14-20(29-2)21(30-3)15-19(18)16-27;/h4-6,8-9,14-15H,7,10-13,16H2,1-3H3,(H,24,26)(H,25,28);1H. The van der Waals surface area contributed by atoms with Crippen molar-refractivity contribution in [3.05, 3.63) is 59.2 Å². The lowest BCUT2D eigenvalue weighted by Gasteiger charge is -2.32. The Bertz CT molecular complexity index is 890. The molecule has 31 heavy (non-hydrogen) atoms. The first kappa shape index (κ1) is 24.8. The van der Waals surface area contributed by atoms with Gasteiger partial charge in [0.1, 0.15) is 0 Å². The van der Waals surface area contributed by atoms with E-state index in [0.29, 0.717) is 12.1 Å². The van der Waals surface area contributed by atoms with Crippen LogP contribution in [0, 0.1) is 0 Å². The molecule has 0 aliphatic carbocycles. The van der Waals surface area contributed by atoms with Gasteiger partial charge in [0.05, 0.1) is 14.2 Å². The number of aliphatic imine (C=N–C) groups is 1. The molecule has 1 heterocycles. The lowest BCUT2D eigenvalue weighted by molar-refractivity contribution is 0.0953. The summed E-state index contributed by atoms with van der Waals surface area (Å²) in [5.41, 5.74) is 3.18. The first-order valence-electron chi connectivity index (χ1n) is 10.2. The number of fused-ring (bicyclic) bond motifs is 1. The van der Waals surface area contributed by atoms with E-state index in [2.05, 4.69) is 26.6 Å². The van der Waals surface area contributed by atoms with Gasteiger partial charge in [0.25, 0.3) is 5.91 Å². The van der Waals surface area contributed by atoms with Gasteiger partial charge in [-0.15, -0.1) is 24.0 Å². The number of nitrogens with one attached hydrogen (secondary N) is 2. The Morgan fingerprint density at radius 1 is 1.03 bits per heavy atom. The van der Waals surface area contributed by atoms with E-state index in [-0.39, 0.29) is 29.9 Å². The molecule has 2 aromatic rings. The second-order valence-electron chi connectivity index (χ2n) is 7.10. The summed E-state index contributed by atoms with van der Waals surface area (Å²) in [7, 11) is 5.11. The molecule has 3 rings (SSSR count). The fourth-order valence-corrected chi connectivity index (χ4v) is 3.58. The maximum atomic E-state index is 12.1. The van der Waals surface area contributed by atoms with Crippen LogP contribution in [0.25, 0.3) is 0 Å². The molecule has 0 bridgehead atoms. The van der Waals surface area contributed by atoms with Gasteiger partial charge < -0.3 is 25.0 Å². The zero-order valence-electron chi connectivity index (χ0n) is 18.3. The van der Waals surface area contributed by atoms with Gasteiger partial charge in [-0.2, -0.15) is 0 Å². The molecular weight excluding hydrogens is 507 g/mol. The number of amides is 1. The molecule has 0 unspecified atom stereocenters. The maximum absolute atomic E-state index is 12.1. The fourth-order valence-electron chi connectivity index (χ4n) is 3.58. The molecule has 2 aromatic carbocycles. The predicted octanol–water partition coefficient (Wildman–Crippen LogP) is 3.08. The lowest BCUT2D eigenvalue weighted by atomic mass is 9.99. The van der Waals surface area contributed by atoms with E-state index < -0.39 is 0 Å². The third-order valence-corrected chi connectivity index (χ3v) is 5.19.